The average molecular weight is 308 g/mol. The zero-order chi connectivity index (χ0) is 16.1. The molecule has 0 saturated carbocycles. The van der Waals surface area contributed by atoms with Crippen LogP contribution in [-0.4, -0.2) is 20.6 Å². The van der Waals surface area contributed by atoms with Crippen LogP contribution in [0.3, 0.4) is 0 Å². The summed E-state index contributed by atoms with van der Waals surface area (Å²) in [6.45, 7) is 2.16. The van der Waals surface area contributed by atoms with E-state index in [1.54, 1.807) is 24.7 Å². The fourth-order valence-corrected chi connectivity index (χ4v) is 2.08. The van der Waals surface area contributed by atoms with Gasteiger partial charge in [-0.3, -0.25) is 4.79 Å². The highest BCUT2D eigenvalue weighted by Gasteiger charge is 2.01. The quantitative estimate of drug-likeness (QED) is 0.735. The minimum absolute atomic E-state index is 0.177. The molecule has 2 aromatic heterocycles. The summed E-state index contributed by atoms with van der Waals surface area (Å²) in [6.07, 6.45) is 8.61. The van der Waals surface area contributed by atoms with Crippen molar-refractivity contribution in [1.82, 2.24) is 20.0 Å². The van der Waals surface area contributed by atoms with Gasteiger partial charge in [-0.15, -0.1) is 0 Å². The summed E-state index contributed by atoms with van der Waals surface area (Å²) in [7, 11) is 0. The number of amides is 1. The minimum Gasteiger partial charge on any atom is -0.361 e. The van der Waals surface area contributed by atoms with E-state index < -0.39 is 0 Å². The molecule has 0 spiro atoms. The molecule has 1 N–H and O–H groups in total. The van der Waals surface area contributed by atoms with Gasteiger partial charge in [-0.1, -0.05) is 17.3 Å². The van der Waals surface area contributed by atoms with E-state index in [1.807, 2.05) is 42.0 Å². The highest BCUT2D eigenvalue weighted by molar-refractivity contribution is 5.91. The molecule has 0 unspecified atom stereocenters. The Morgan fingerprint density at radius 1 is 1.35 bits per heavy atom. The lowest BCUT2D eigenvalue weighted by Crippen LogP contribution is -2.20. The summed E-state index contributed by atoms with van der Waals surface area (Å²) >= 11 is 0. The predicted molar refractivity (Wildman–Crippen MR) is 85.7 cm³/mol. The largest absolute Gasteiger partial charge is 0.361 e. The molecule has 6 nitrogen and oxygen atoms in total. The molecule has 0 bridgehead atoms. The maximum atomic E-state index is 11.8. The number of nitrogens with one attached hydrogen (secondary N) is 1. The number of hydrogen-bond donors (Lipinski definition) is 1. The highest BCUT2D eigenvalue weighted by atomic mass is 16.5. The topological polar surface area (TPSA) is 73.0 Å². The maximum absolute atomic E-state index is 11.8. The second-order valence-corrected chi connectivity index (χ2v) is 5.04. The van der Waals surface area contributed by atoms with Crippen LogP contribution in [0.5, 0.6) is 0 Å². The van der Waals surface area contributed by atoms with Gasteiger partial charge in [0.2, 0.25) is 5.91 Å². The van der Waals surface area contributed by atoms with Gasteiger partial charge in [-0.05, 0) is 30.7 Å². The SMILES string of the molecule is Cc1cc(CNC(=O)/C=C/c2ccc(-n3ccnc3)cc2)no1. The van der Waals surface area contributed by atoms with Crippen molar-refractivity contribution in [2.24, 2.45) is 0 Å². The molecule has 0 aliphatic carbocycles. The third-order valence-electron chi connectivity index (χ3n) is 3.24. The number of aromatic nitrogens is 3. The molecule has 3 rings (SSSR count). The second kappa shape index (κ2) is 6.74. The van der Waals surface area contributed by atoms with Crippen LogP contribution in [0.2, 0.25) is 0 Å². The Morgan fingerprint density at radius 2 is 2.17 bits per heavy atom. The average Bonchev–Trinajstić information content (AvgIpc) is 3.23. The second-order valence-electron chi connectivity index (χ2n) is 5.04. The summed E-state index contributed by atoms with van der Waals surface area (Å²) < 4.78 is 6.86. The van der Waals surface area contributed by atoms with Crippen molar-refractivity contribution in [2.75, 3.05) is 0 Å². The molecule has 0 aliphatic rings. The lowest BCUT2D eigenvalue weighted by molar-refractivity contribution is -0.116. The van der Waals surface area contributed by atoms with E-state index in [-0.39, 0.29) is 5.91 Å². The summed E-state index contributed by atoms with van der Waals surface area (Å²) in [5.41, 5.74) is 2.67. The molecule has 0 fully saturated rings. The van der Waals surface area contributed by atoms with Gasteiger partial charge in [0.25, 0.3) is 0 Å². The van der Waals surface area contributed by atoms with Crippen LogP contribution in [0.25, 0.3) is 11.8 Å². The summed E-state index contributed by atoms with van der Waals surface area (Å²) in [4.78, 5) is 15.8. The summed E-state index contributed by atoms with van der Waals surface area (Å²) in [6, 6.07) is 9.62. The molecular weight excluding hydrogens is 292 g/mol. The lowest BCUT2D eigenvalue weighted by Gasteiger charge is -2.02. The first-order chi connectivity index (χ1) is 11.2. The molecule has 1 aromatic carbocycles. The van der Waals surface area contributed by atoms with Crippen molar-refractivity contribution in [1.29, 1.82) is 0 Å². The zero-order valence-corrected chi connectivity index (χ0v) is 12.6. The Bertz CT molecular complexity index is 802. The Labute approximate surface area is 133 Å². The third-order valence-corrected chi connectivity index (χ3v) is 3.24. The highest BCUT2D eigenvalue weighted by Crippen LogP contribution is 2.10. The van der Waals surface area contributed by atoms with Gasteiger partial charge in [-0.25, -0.2) is 4.98 Å². The van der Waals surface area contributed by atoms with Crippen molar-refractivity contribution in [3.63, 3.8) is 0 Å². The first-order valence-electron chi connectivity index (χ1n) is 7.17. The van der Waals surface area contributed by atoms with Crippen molar-refractivity contribution >= 4 is 12.0 Å². The van der Waals surface area contributed by atoms with Gasteiger partial charge in [0, 0.05) is 30.2 Å². The molecule has 3 aromatic rings. The van der Waals surface area contributed by atoms with Crippen LogP contribution >= 0.6 is 0 Å². The maximum Gasteiger partial charge on any atom is 0.244 e. The number of aryl methyl sites for hydroxylation is 1. The first kappa shape index (κ1) is 14.8. The van der Waals surface area contributed by atoms with Crippen LogP contribution in [0.1, 0.15) is 17.0 Å². The molecular formula is C17H16N4O2. The molecule has 0 atom stereocenters. The van der Waals surface area contributed by atoms with E-state index in [1.165, 1.54) is 6.08 Å². The minimum atomic E-state index is -0.177. The smallest absolute Gasteiger partial charge is 0.244 e. The molecule has 0 aliphatic heterocycles. The number of nitrogens with zero attached hydrogens (tertiary/aromatic N) is 3. The molecule has 0 saturated heterocycles. The Morgan fingerprint density at radius 3 is 2.83 bits per heavy atom. The normalized spacial score (nSPS) is 11.0. The molecule has 2 heterocycles. The number of imidazole rings is 1. The van der Waals surface area contributed by atoms with Crippen LogP contribution < -0.4 is 5.32 Å². The van der Waals surface area contributed by atoms with E-state index in [2.05, 4.69) is 15.5 Å². The van der Waals surface area contributed by atoms with Crippen LogP contribution in [0, 0.1) is 6.92 Å². The Hall–Kier alpha value is -3.15. The van der Waals surface area contributed by atoms with E-state index in [0.717, 1.165) is 17.0 Å². The Kier molecular flexibility index (Phi) is 4.33. The van der Waals surface area contributed by atoms with Gasteiger partial charge < -0.3 is 14.4 Å². The summed E-state index contributed by atoms with van der Waals surface area (Å²) in [5.74, 6) is 0.548. The number of benzene rings is 1. The molecule has 6 heteroatoms. The van der Waals surface area contributed by atoms with Crippen molar-refractivity contribution in [3.8, 4) is 5.69 Å². The fourth-order valence-electron chi connectivity index (χ4n) is 2.08. The number of carbonyl (C=O) groups excluding carboxylic acids is 1. The monoisotopic (exact) mass is 308 g/mol. The number of carbonyl (C=O) groups is 1. The number of hydrogen-bond acceptors (Lipinski definition) is 4. The van der Waals surface area contributed by atoms with Gasteiger partial charge in [0.05, 0.1) is 12.9 Å². The summed E-state index contributed by atoms with van der Waals surface area (Å²) in [5, 5.41) is 6.57. The van der Waals surface area contributed by atoms with Crippen molar-refractivity contribution in [2.45, 2.75) is 13.5 Å². The van der Waals surface area contributed by atoms with Gasteiger partial charge >= 0.3 is 0 Å². The predicted octanol–water partition coefficient (Wildman–Crippen LogP) is 2.50. The van der Waals surface area contributed by atoms with Crippen LogP contribution in [-0.2, 0) is 11.3 Å². The van der Waals surface area contributed by atoms with Crippen molar-refractivity contribution in [3.05, 3.63) is 72.1 Å². The lowest BCUT2D eigenvalue weighted by atomic mass is 10.2. The molecule has 116 valence electrons. The van der Waals surface area contributed by atoms with Gasteiger partial charge in [-0.2, -0.15) is 0 Å². The van der Waals surface area contributed by atoms with Gasteiger partial charge in [0.15, 0.2) is 0 Å². The van der Waals surface area contributed by atoms with E-state index in [9.17, 15) is 4.79 Å². The zero-order valence-electron chi connectivity index (χ0n) is 12.6. The first-order valence-corrected chi connectivity index (χ1v) is 7.17. The van der Waals surface area contributed by atoms with Crippen LogP contribution in [0.15, 0.2) is 59.7 Å². The van der Waals surface area contributed by atoms with Gasteiger partial charge in [0.1, 0.15) is 11.5 Å². The Balaban J connectivity index is 1.55. The van der Waals surface area contributed by atoms with Crippen molar-refractivity contribution < 1.29 is 9.32 Å². The van der Waals surface area contributed by atoms with E-state index in [4.69, 9.17) is 4.52 Å². The van der Waals surface area contributed by atoms with E-state index >= 15 is 0 Å². The molecule has 1 amide bonds. The fraction of sp³-hybridized carbons (Fsp3) is 0.118. The molecule has 0 radical (unpaired) electrons. The van der Waals surface area contributed by atoms with Crippen LogP contribution in [0.4, 0.5) is 0 Å². The number of rotatable bonds is 5. The third kappa shape index (κ3) is 3.94. The standard InChI is InChI=1S/C17H16N4O2/c1-13-10-15(20-23-13)11-19-17(22)7-4-14-2-5-16(6-3-14)21-9-8-18-12-21/h2-10,12H,11H2,1H3,(H,19,22)/b7-4+. The molecule has 23 heavy (non-hydrogen) atoms. The van der Waals surface area contributed by atoms with E-state index in [0.29, 0.717) is 12.2 Å².